The third-order valence-corrected chi connectivity index (χ3v) is 14.5. The second-order valence-corrected chi connectivity index (χ2v) is 16.7. The van der Waals surface area contributed by atoms with Crippen LogP contribution in [0.1, 0.15) is 56.6 Å². The maximum Gasteiger partial charge on any atom is 0.181 e. The lowest BCUT2D eigenvalue weighted by Crippen LogP contribution is -2.47. The van der Waals surface area contributed by atoms with Crippen molar-refractivity contribution >= 4 is 28.7 Å². The fourth-order valence-corrected chi connectivity index (χ4v) is 12.1. The van der Waals surface area contributed by atoms with Crippen LogP contribution >= 0.6 is 7.26 Å². The summed E-state index contributed by atoms with van der Waals surface area (Å²) in [6, 6.07) is 50.5. The number of aryl methyl sites for hydroxylation is 1. The molecule has 0 aliphatic carbocycles. The van der Waals surface area contributed by atoms with Gasteiger partial charge in [0.05, 0.1) is 0 Å². The molecule has 240 valence electrons. The van der Waals surface area contributed by atoms with E-state index in [1.54, 1.807) is 0 Å². The maximum absolute atomic E-state index is 5.44. The number of aromatic nitrogens is 3. The predicted octanol–water partition coefficient (Wildman–Crippen LogP) is 9.90. The minimum Gasteiger partial charge on any atom is -0.207 e. The highest BCUT2D eigenvalue weighted by Gasteiger charge is 2.61. The van der Waals surface area contributed by atoms with Crippen LogP contribution in [0.2, 0.25) is 0 Å². The van der Waals surface area contributed by atoms with Crippen molar-refractivity contribution in [2.75, 3.05) is 0 Å². The van der Waals surface area contributed by atoms with Gasteiger partial charge in [-0.15, -0.1) is 5.10 Å². The van der Waals surface area contributed by atoms with Gasteiger partial charge in [0, 0.05) is 12.0 Å². The molecule has 0 spiro atoms. The smallest absolute Gasteiger partial charge is 0.181 e. The van der Waals surface area contributed by atoms with Crippen LogP contribution in [-0.4, -0.2) is 14.8 Å². The van der Waals surface area contributed by atoms with Crippen LogP contribution in [0.3, 0.4) is 0 Å². The van der Waals surface area contributed by atoms with E-state index in [-0.39, 0.29) is 0 Å². The van der Waals surface area contributed by atoms with E-state index in [9.17, 15) is 0 Å². The van der Waals surface area contributed by atoms with Crippen LogP contribution in [0.15, 0.2) is 158 Å². The third-order valence-electron chi connectivity index (χ3n) is 9.33. The van der Waals surface area contributed by atoms with Gasteiger partial charge in [0.15, 0.2) is 16.9 Å². The van der Waals surface area contributed by atoms with Gasteiger partial charge in [-0.05, 0) is 86.7 Å². The van der Waals surface area contributed by atoms with Gasteiger partial charge >= 0.3 is 0 Å². The van der Waals surface area contributed by atoms with Crippen molar-refractivity contribution < 1.29 is 0 Å². The molecule has 0 saturated carbocycles. The second-order valence-electron chi connectivity index (χ2n) is 12.8. The van der Waals surface area contributed by atoms with Crippen molar-refractivity contribution in [2.45, 2.75) is 52.7 Å². The molecule has 0 saturated heterocycles. The summed E-state index contributed by atoms with van der Waals surface area (Å²) in [7, 11) is -2.53. The lowest BCUT2D eigenvalue weighted by atomic mass is 10.0. The molecule has 0 radical (unpaired) electrons. The van der Waals surface area contributed by atoms with Crippen molar-refractivity contribution in [2.24, 2.45) is 0 Å². The number of allylic oxidation sites excluding steroid dienone is 4. The summed E-state index contributed by atoms with van der Waals surface area (Å²) < 4.78 is 2.25. The molecule has 0 fully saturated rings. The van der Waals surface area contributed by atoms with Crippen LogP contribution in [-0.2, 0) is 11.7 Å². The summed E-state index contributed by atoms with van der Waals surface area (Å²) in [4.78, 5) is 5.29. The molecule has 0 atom stereocenters. The summed E-state index contributed by atoms with van der Waals surface area (Å²) in [5.74, 6) is 1.62. The largest absolute Gasteiger partial charge is 0.207 e. The Balaban J connectivity index is 1.71. The van der Waals surface area contributed by atoms with E-state index in [1.807, 2.05) is 6.07 Å². The topological polar surface area (TPSA) is 30.7 Å². The number of nitrogens with zero attached hydrogens (tertiary/aromatic N) is 3. The van der Waals surface area contributed by atoms with Gasteiger partial charge in [0.25, 0.3) is 0 Å². The molecule has 0 amide bonds. The number of hydrogen-bond acceptors (Lipinski definition) is 2. The van der Waals surface area contributed by atoms with Gasteiger partial charge in [-0.2, -0.15) is 0 Å². The average Bonchev–Trinajstić information content (AvgIpc) is 3.59. The van der Waals surface area contributed by atoms with E-state index in [0.29, 0.717) is 0 Å². The molecule has 1 heterocycles. The number of benzene rings is 5. The first-order valence-electron chi connectivity index (χ1n) is 16.9. The zero-order valence-electron chi connectivity index (χ0n) is 28.7. The van der Waals surface area contributed by atoms with Gasteiger partial charge in [-0.25, -0.2) is 9.67 Å². The Morgan fingerprint density at radius 3 is 1.85 bits per heavy atom. The SMILES string of the molecule is CC/C=C\C=C(/C)c1nc(-c2ccccc2)nn1C(C)(C)[P+](c1ccccc1)(c1ccccc1)c1ccccc1Cc1ccccc1C. The van der Waals surface area contributed by atoms with E-state index >= 15 is 0 Å². The monoisotopic (exact) mass is 646 g/mol. The summed E-state index contributed by atoms with van der Waals surface area (Å²) in [5.41, 5.74) is 6.07. The Kier molecular flexibility index (Phi) is 9.99. The van der Waals surface area contributed by atoms with Crippen LogP contribution in [0.5, 0.6) is 0 Å². The third kappa shape index (κ3) is 6.23. The Bertz CT molecular complexity index is 1980. The Morgan fingerprint density at radius 2 is 1.25 bits per heavy atom. The maximum atomic E-state index is 5.44. The molecule has 6 rings (SSSR count). The van der Waals surface area contributed by atoms with E-state index in [4.69, 9.17) is 10.1 Å². The first-order valence-corrected chi connectivity index (χ1v) is 18.7. The number of hydrogen-bond donors (Lipinski definition) is 0. The highest BCUT2D eigenvalue weighted by atomic mass is 31.2. The highest BCUT2D eigenvalue weighted by Crippen LogP contribution is 2.68. The average molecular weight is 647 g/mol. The zero-order chi connectivity index (χ0) is 33.6. The Hall–Kier alpha value is -4.85. The van der Waals surface area contributed by atoms with Gasteiger partial charge < -0.3 is 0 Å². The molecular weight excluding hydrogens is 601 g/mol. The van der Waals surface area contributed by atoms with E-state index in [2.05, 4.69) is 191 Å². The molecule has 6 aromatic rings. The first-order chi connectivity index (χ1) is 23.4. The van der Waals surface area contributed by atoms with Crippen LogP contribution in [0, 0.1) is 6.92 Å². The molecule has 5 aromatic carbocycles. The Morgan fingerprint density at radius 1 is 0.708 bits per heavy atom. The molecule has 48 heavy (non-hydrogen) atoms. The summed E-state index contributed by atoms with van der Waals surface area (Å²) in [6.07, 6.45) is 8.32. The summed E-state index contributed by atoms with van der Waals surface area (Å²) in [6.45, 7) is 11.3. The van der Waals surface area contributed by atoms with E-state index in [0.717, 1.165) is 35.6 Å². The predicted molar refractivity (Wildman–Crippen MR) is 207 cm³/mol. The van der Waals surface area contributed by atoms with Gasteiger partial charge in [0.2, 0.25) is 0 Å². The molecule has 0 bridgehead atoms. The van der Waals surface area contributed by atoms with Crippen molar-refractivity contribution in [3.8, 4) is 11.4 Å². The molecule has 0 N–H and O–H groups in total. The fraction of sp³-hybridized carbons (Fsp3) is 0.182. The van der Waals surface area contributed by atoms with Crippen LogP contribution in [0.4, 0.5) is 0 Å². The molecular formula is C44H45N3P+. The summed E-state index contributed by atoms with van der Waals surface area (Å²) >= 11 is 0. The molecule has 0 unspecified atom stereocenters. The Labute approximate surface area is 287 Å². The van der Waals surface area contributed by atoms with Crippen molar-refractivity contribution in [1.29, 1.82) is 0 Å². The normalized spacial score (nSPS) is 12.5. The fourth-order valence-electron chi connectivity index (χ4n) is 6.88. The van der Waals surface area contributed by atoms with E-state index < -0.39 is 12.5 Å². The van der Waals surface area contributed by atoms with Crippen molar-refractivity contribution in [1.82, 2.24) is 14.8 Å². The minimum absolute atomic E-state index is 0.545. The minimum atomic E-state index is -2.53. The van der Waals surface area contributed by atoms with Gasteiger partial charge in [-0.3, -0.25) is 0 Å². The molecule has 1 aromatic heterocycles. The molecule has 4 heteroatoms. The van der Waals surface area contributed by atoms with Crippen molar-refractivity contribution in [3.05, 3.63) is 180 Å². The zero-order valence-corrected chi connectivity index (χ0v) is 29.6. The number of rotatable bonds is 11. The summed E-state index contributed by atoms with van der Waals surface area (Å²) in [5, 5.41) is 8.89. The van der Waals surface area contributed by atoms with Gasteiger partial charge in [-0.1, -0.05) is 134 Å². The highest BCUT2D eigenvalue weighted by molar-refractivity contribution is 7.96. The quantitative estimate of drug-likeness (QED) is 0.104. The standard InChI is InChI=1S/C44H45N3P/c1-6-7-11-23-35(3)43-45-42(36-24-12-8-13-25-36)46-47(43)44(4,5)48(39-28-14-9-15-29-39,40-30-16-10-17-31-40)41-32-21-20-27-38(41)33-37-26-19-18-22-34(37)2/h7-32H,6,33H2,1-5H3/q+1/b11-7-,35-23+. The van der Waals surface area contributed by atoms with E-state index in [1.165, 1.54) is 32.6 Å². The lowest BCUT2D eigenvalue weighted by molar-refractivity contribution is 0.461. The second kappa shape index (κ2) is 14.5. The van der Waals surface area contributed by atoms with Crippen LogP contribution in [0.25, 0.3) is 17.0 Å². The lowest BCUT2D eigenvalue weighted by Gasteiger charge is -2.41. The van der Waals surface area contributed by atoms with Gasteiger partial charge in [0.1, 0.15) is 23.2 Å². The van der Waals surface area contributed by atoms with Crippen molar-refractivity contribution in [3.63, 3.8) is 0 Å². The van der Waals surface area contributed by atoms with Crippen LogP contribution < -0.4 is 15.9 Å². The molecule has 3 nitrogen and oxygen atoms in total. The first kappa shape index (κ1) is 33.1. The molecule has 0 aliphatic heterocycles. The molecule has 0 aliphatic rings.